The third-order valence-electron chi connectivity index (χ3n) is 3.69. The molecule has 1 aliphatic rings. The molecule has 0 radical (unpaired) electrons. The Bertz CT molecular complexity index is 360. The monoisotopic (exact) mass is 282 g/mol. The van der Waals surface area contributed by atoms with Crippen molar-refractivity contribution >= 4 is 11.8 Å². The van der Waals surface area contributed by atoms with E-state index in [4.69, 9.17) is 9.47 Å². The molecule has 1 aromatic carbocycles. The van der Waals surface area contributed by atoms with Gasteiger partial charge in [-0.2, -0.15) is 11.8 Å². The Hall–Kier alpha value is -0.870. The second-order valence-electron chi connectivity index (χ2n) is 4.88. The predicted molar refractivity (Wildman–Crippen MR) is 79.1 cm³/mol. The van der Waals surface area contributed by atoms with E-state index in [9.17, 15) is 5.11 Å². The lowest BCUT2D eigenvalue weighted by Crippen LogP contribution is -2.28. The Labute approximate surface area is 119 Å². The predicted octanol–water partition coefficient (Wildman–Crippen LogP) is 2.83. The molecule has 1 heterocycles. The molecule has 1 atom stereocenters. The van der Waals surface area contributed by atoms with Crippen LogP contribution in [0.1, 0.15) is 12.8 Å². The van der Waals surface area contributed by atoms with Crippen LogP contribution in [-0.4, -0.2) is 36.9 Å². The maximum atomic E-state index is 9.53. The van der Waals surface area contributed by atoms with E-state index in [-0.39, 0.29) is 12.5 Å². The summed E-state index contributed by atoms with van der Waals surface area (Å²) >= 11 is 2.01. The van der Waals surface area contributed by atoms with Crippen molar-refractivity contribution in [1.29, 1.82) is 0 Å². The van der Waals surface area contributed by atoms with Gasteiger partial charge in [-0.1, -0.05) is 0 Å². The molecule has 0 spiro atoms. The number of methoxy groups -OCH3 is 1. The molecule has 1 saturated heterocycles. The van der Waals surface area contributed by atoms with Crippen LogP contribution in [0, 0.1) is 11.8 Å². The zero-order valence-electron chi connectivity index (χ0n) is 11.4. The van der Waals surface area contributed by atoms with Crippen molar-refractivity contribution in [2.75, 3.05) is 31.8 Å². The first kappa shape index (κ1) is 14.5. The molecule has 4 heteroatoms. The van der Waals surface area contributed by atoms with Crippen LogP contribution in [0.2, 0.25) is 0 Å². The summed E-state index contributed by atoms with van der Waals surface area (Å²) in [6.07, 6.45) is 2.39. The van der Waals surface area contributed by atoms with Gasteiger partial charge in [0.25, 0.3) is 0 Å². The van der Waals surface area contributed by atoms with Crippen LogP contribution in [0.15, 0.2) is 24.3 Å². The summed E-state index contributed by atoms with van der Waals surface area (Å²) in [5.74, 6) is 4.94. The Morgan fingerprint density at radius 1 is 1.21 bits per heavy atom. The molecule has 106 valence electrons. The molecule has 3 nitrogen and oxygen atoms in total. The smallest absolute Gasteiger partial charge is 0.119 e. The zero-order chi connectivity index (χ0) is 13.5. The molecule has 1 aliphatic heterocycles. The number of rotatable bonds is 6. The minimum atomic E-state index is 0.214. The van der Waals surface area contributed by atoms with Gasteiger partial charge < -0.3 is 14.6 Å². The van der Waals surface area contributed by atoms with Gasteiger partial charge >= 0.3 is 0 Å². The fourth-order valence-electron chi connectivity index (χ4n) is 2.40. The summed E-state index contributed by atoms with van der Waals surface area (Å²) in [5.41, 5.74) is 0. The van der Waals surface area contributed by atoms with Crippen molar-refractivity contribution in [3.8, 4) is 11.5 Å². The third-order valence-corrected chi connectivity index (χ3v) is 4.74. The topological polar surface area (TPSA) is 38.7 Å². The number of benzene rings is 1. The maximum Gasteiger partial charge on any atom is 0.119 e. The van der Waals surface area contributed by atoms with E-state index in [1.54, 1.807) is 7.11 Å². The normalized spacial score (nSPS) is 18.0. The number of aliphatic hydroxyl groups is 1. The standard InChI is InChI=1S/C15H22O3S/c1-17-14-2-4-15(5-3-14)18-11-13(10-16)12-6-8-19-9-7-12/h2-5,12-13,16H,6-11H2,1H3. The highest BCUT2D eigenvalue weighted by atomic mass is 32.2. The van der Waals surface area contributed by atoms with E-state index < -0.39 is 0 Å². The number of hydrogen-bond acceptors (Lipinski definition) is 4. The molecule has 1 fully saturated rings. The summed E-state index contributed by atoms with van der Waals surface area (Å²) in [4.78, 5) is 0. The fraction of sp³-hybridized carbons (Fsp3) is 0.600. The van der Waals surface area contributed by atoms with Crippen molar-refractivity contribution in [1.82, 2.24) is 0 Å². The number of thioether (sulfide) groups is 1. The molecule has 0 bridgehead atoms. The molecule has 0 aliphatic carbocycles. The largest absolute Gasteiger partial charge is 0.497 e. The van der Waals surface area contributed by atoms with Crippen LogP contribution in [0.25, 0.3) is 0 Å². The van der Waals surface area contributed by atoms with Gasteiger partial charge in [-0.05, 0) is 54.5 Å². The van der Waals surface area contributed by atoms with Gasteiger partial charge in [-0.25, -0.2) is 0 Å². The molecule has 0 aromatic heterocycles. The van der Waals surface area contributed by atoms with Gasteiger partial charge in [0, 0.05) is 12.5 Å². The first-order valence-electron chi connectivity index (χ1n) is 6.79. The van der Waals surface area contributed by atoms with E-state index in [0.717, 1.165) is 11.5 Å². The highest BCUT2D eigenvalue weighted by Gasteiger charge is 2.23. The highest BCUT2D eigenvalue weighted by Crippen LogP contribution is 2.29. The van der Waals surface area contributed by atoms with Gasteiger partial charge in [0.1, 0.15) is 11.5 Å². The zero-order valence-corrected chi connectivity index (χ0v) is 12.2. The van der Waals surface area contributed by atoms with E-state index in [1.165, 1.54) is 24.3 Å². The number of hydrogen-bond donors (Lipinski definition) is 1. The third kappa shape index (κ3) is 4.32. The fourth-order valence-corrected chi connectivity index (χ4v) is 3.54. The van der Waals surface area contributed by atoms with Crippen LogP contribution in [0.3, 0.4) is 0 Å². The molecule has 0 saturated carbocycles. The van der Waals surface area contributed by atoms with Crippen LogP contribution in [0.4, 0.5) is 0 Å². The van der Waals surface area contributed by atoms with Gasteiger partial charge in [-0.15, -0.1) is 0 Å². The van der Waals surface area contributed by atoms with Gasteiger partial charge in [0.05, 0.1) is 13.7 Å². The minimum Gasteiger partial charge on any atom is -0.497 e. The number of ether oxygens (including phenoxy) is 2. The SMILES string of the molecule is COc1ccc(OCC(CO)C2CCSCC2)cc1. The van der Waals surface area contributed by atoms with Gasteiger partial charge in [0.15, 0.2) is 0 Å². The van der Waals surface area contributed by atoms with Crippen LogP contribution >= 0.6 is 11.8 Å². The van der Waals surface area contributed by atoms with Crippen molar-refractivity contribution in [2.24, 2.45) is 11.8 Å². The van der Waals surface area contributed by atoms with Crippen LogP contribution in [0.5, 0.6) is 11.5 Å². The van der Waals surface area contributed by atoms with Crippen molar-refractivity contribution in [3.63, 3.8) is 0 Å². The average molecular weight is 282 g/mol. The quantitative estimate of drug-likeness (QED) is 0.871. The lowest BCUT2D eigenvalue weighted by Gasteiger charge is -2.28. The molecule has 1 N–H and O–H groups in total. The van der Waals surface area contributed by atoms with Crippen molar-refractivity contribution < 1.29 is 14.6 Å². The number of aliphatic hydroxyl groups excluding tert-OH is 1. The first-order valence-corrected chi connectivity index (χ1v) is 7.94. The highest BCUT2D eigenvalue weighted by molar-refractivity contribution is 7.99. The van der Waals surface area contributed by atoms with Gasteiger partial charge in [-0.3, -0.25) is 0 Å². The summed E-state index contributed by atoms with van der Waals surface area (Å²) in [6.45, 7) is 0.809. The van der Waals surface area contributed by atoms with Crippen molar-refractivity contribution in [2.45, 2.75) is 12.8 Å². The van der Waals surface area contributed by atoms with E-state index in [2.05, 4.69) is 0 Å². The lowest BCUT2D eigenvalue weighted by atomic mass is 9.88. The summed E-state index contributed by atoms with van der Waals surface area (Å²) in [5, 5.41) is 9.53. The first-order chi connectivity index (χ1) is 9.33. The molecular weight excluding hydrogens is 260 g/mol. The summed E-state index contributed by atoms with van der Waals surface area (Å²) in [6, 6.07) is 7.59. The second-order valence-corrected chi connectivity index (χ2v) is 6.10. The minimum absolute atomic E-state index is 0.214. The van der Waals surface area contributed by atoms with Gasteiger partial charge in [0.2, 0.25) is 0 Å². The molecule has 1 unspecified atom stereocenters. The summed E-state index contributed by atoms with van der Waals surface area (Å²) in [7, 11) is 1.65. The molecule has 19 heavy (non-hydrogen) atoms. The Morgan fingerprint density at radius 2 is 1.84 bits per heavy atom. The summed E-state index contributed by atoms with van der Waals surface area (Å²) < 4.78 is 10.9. The Morgan fingerprint density at radius 3 is 2.42 bits per heavy atom. The Kier molecular flexibility index (Phi) is 5.86. The molecule has 2 rings (SSSR count). The van der Waals surface area contributed by atoms with E-state index in [1.807, 2.05) is 36.0 Å². The Balaban J connectivity index is 1.84. The maximum absolute atomic E-state index is 9.53. The van der Waals surface area contributed by atoms with Crippen LogP contribution in [-0.2, 0) is 0 Å². The molecular formula is C15H22O3S. The molecule has 0 amide bonds. The second kappa shape index (κ2) is 7.65. The lowest BCUT2D eigenvalue weighted by molar-refractivity contribution is 0.113. The van der Waals surface area contributed by atoms with Crippen LogP contribution < -0.4 is 9.47 Å². The van der Waals surface area contributed by atoms with E-state index >= 15 is 0 Å². The van der Waals surface area contributed by atoms with E-state index in [0.29, 0.717) is 12.5 Å². The van der Waals surface area contributed by atoms with Crippen molar-refractivity contribution in [3.05, 3.63) is 24.3 Å². The molecule has 1 aromatic rings. The average Bonchev–Trinajstić information content (AvgIpc) is 2.49.